The summed E-state index contributed by atoms with van der Waals surface area (Å²) in [7, 11) is 0. The van der Waals surface area contributed by atoms with Gasteiger partial charge in [-0.25, -0.2) is 4.39 Å². The summed E-state index contributed by atoms with van der Waals surface area (Å²) < 4.78 is 13.5. The Morgan fingerprint density at radius 2 is 1.76 bits per heavy atom. The molecule has 1 aromatic heterocycles. The molecule has 0 atom stereocenters. The number of hydrogen-bond donors (Lipinski definition) is 0. The fraction of sp³-hybridized carbons (Fsp3) is 0.143. The second kappa shape index (κ2) is 8.20. The fourth-order valence-electron chi connectivity index (χ4n) is 2.65. The van der Waals surface area contributed by atoms with Gasteiger partial charge in [0.05, 0.1) is 12.2 Å². The summed E-state index contributed by atoms with van der Waals surface area (Å²) in [5, 5.41) is 0. The minimum absolute atomic E-state index is 0.193. The smallest absolute Gasteiger partial charge is 0.254 e. The van der Waals surface area contributed by atoms with Crippen LogP contribution in [0.4, 0.5) is 4.39 Å². The number of aromatic nitrogens is 1. The van der Waals surface area contributed by atoms with Crippen molar-refractivity contribution in [3.05, 3.63) is 102 Å². The maximum Gasteiger partial charge on any atom is 0.254 e. The Morgan fingerprint density at radius 3 is 2.48 bits per heavy atom. The van der Waals surface area contributed by atoms with Gasteiger partial charge in [0, 0.05) is 18.3 Å². The zero-order valence-electron chi connectivity index (χ0n) is 13.8. The average Bonchev–Trinajstić information content (AvgIpc) is 2.66. The number of nitrogens with zero attached hydrogens (tertiary/aromatic N) is 2. The van der Waals surface area contributed by atoms with E-state index in [-0.39, 0.29) is 5.91 Å². The van der Waals surface area contributed by atoms with Crippen molar-refractivity contribution in [2.24, 2.45) is 0 Å². The van der Waals surface area contributed by atoms with Gasteiger partial charge in [0.1, 0.15) is 5.82 Å². The van der Waals surface area contributed by atoms with Crippen LogP contribution in [-0.4, -0.2) is 22.3 Å². The number of rotatable bonds is 6. The van der Waals surface area contributed by atoms with Crippen molar-refractivity contribution in [1.82, 2.24) is 9.88 Å². The lowest BCUT2D eigenvalue weighted by Crippen LogP contribution is -2.32. The van der Waals surface area contributed by atoms with Crippen molar-refractivity contribution in [3.63, 3.8) is 0 Å². The van der Waals surface area contributed by atoms with E-state index in [9.17, 15) is 9.18 Å². The van der Waals surface area contributed by atoms with Gasteiger partial charge in [0.25, 0.3) is 5.91 Å². The summed E-state index contributed by atoms with van der Waals surface area (Å²) in [5.41, 5.74) is 2.31. The highest BCUT2D eigenvalue weighted by molar-refractivity contribution is 5.94. The van der Waals surface area contributed by atoms with Crippen LogP contribution in [-0.2, 0) is 13.0 Å². The van der Waals surface area contributed by atoms with Crippen LogP contribution in [0.1, 0.15) is 21.6 Å². The normalized spacial score (nSPS) is 10.4. The molecule has 0 radical (unpaired) electrons. The highest BCUT2D eigenvalue weighted by atomic mass is 19.1. The Bertz CT molecular complexity index is 822. The van der Waals surface area contributed by atoms with E-state index < -0.39 is 5.82 Å². The molecule has 0 spiro atoms. The maximum absolute atomic E-state index is 13.5. The molecule has 4 heteroatoms. The number of carbonyl (C=O) groups is 1. The molecule has 0 saturated carbocycles. The summed E-state index contributed by atoms with van der Waals surface area (Å²) >= 11 is 0. The molecule has 3 nitrogen and oxygen atoms in total. The molecule has 126 valence electrons. The van der Waals surface area contributed by atoms with Crippen LogP contribution >= 0.6 is 0 Å². The highest BCUT2D eigenvalue weighted by Gasteiger charge is 2.17. The van der Waals surface area contributed by atoms with Gasteiger partial charge < -0.3 is 4.90 Å². The predicted octanol–water partition coefficient (Wildman–Crippen LogP) is 4.11. The molecule has 1 heterocycles. The average molecular weight is 334 g/mol. The van der Waals surface area contributed by atoms with E-state index in [2.05, 4.69) is 4.98 Å². The Kier molecular flexibility index (Phi) is 5.52. The molecule has 1 amide bonds. The fourth-order valence-corrected chi connectivity index (χ4v) is 2.65. The number of pyridine rings is 1. The Hall–Kier alpha value is -3.01. The van der Waals surface area contributed by atoms with Crippen LogP contribution in [0.25, 0.3) is 0 Å². The molecule has 0 N–H and O–H groups in total. The van der Waals surface area contributed by atoms with Crippen molar-refractivity contribution in [2.45, 2.75) is 13.0 Å². The van der Waals surface area contributed by atoms with Crippen molar-refractivity contribution in [2.75, 3.05) is 6.54 Å². The van der Waals surface area contributed by atoms with Gasteiger partial charge >= 0.3 is 0 Å². The van der Waals surface area contributed by atoms with Gasteiger partial charge in [-0.2, -0.15) is 0 Å². The van der Waals surface area contributed by atoms with Gasteiger partial charge in [0.15, 0.2) is 0 Å². The molecule has 0 bridgehead atoms. The first-order valence-electron chi connectivity index (χ1n) is 8.21. The first-order chi connectivity index (χ1) is 12.2. The van der Waals surface area contributed by atoms with Gasteiger partial charge in [-0.3, -0.25) is 9.78 Å². The summed E-state index contributed by atoms with van der Waals surface area (Å²) in [6.07, 6.45) is 2.44. The second-order valence-electron chi connectivity index (χ2n) is 5.79. The number of benzene rings is 2. The van der Waals surface area contributed by atoms with Crippen LogP contribution in [0.3, 0.4) is 0 Å². The van der Waals surface area contributed by atoms with E-state index in [0.29, 0.717) is 18.7 Å². The Labute approximate surface area is 146 Å². The molecule has 0 aliphatic rings. The van der Waals surface area contributed by atoms with Crippen molar-refractivity contribution in [1.29, 1.82) is 0 Å². The first kappa shape index (κ1) is 16.8. The third-order valence-electron chi connectivity index (χ3n) is 3.95. The van der Waals surface area contributed by atoms with Gasteiger partial charge in [0.2, 0.25) is 0 Å². The summed E-state index contributed by atoms with van der Waals surface area (Å²) in [6.45, 7) is 0.930. The lowest BCUT2D eigenvalue weighted by molar-refractivity contribution is 0.0742. The number of hydrogen-bond acceptors (Lipinski definition) is 2. The molecule has 0 saturated heterocycles. The second-order valence-corrected chi connectivity index (χ2v) is 5.79. The van der Waals surface area contributed by atoms with Crippen LogP contribution in [0.15, 0.2) is 79.0 Å². The molecule has 2 aromatic carbocycles. The predicted molar refractivity (Wildman–Crippen MR) is 95.5 cm³/mol. The van der Waals surface area contributed by atoms with Crippen LogP contribution in [0.5, 0.6) is 0 Å². The lowest BCUT2D eigenvalue weighted by Gasteiger charge is -2.22. The van der Waals surface area contributed by atoms with E-state index in [1.807, 2.05) is 48.5 Å². The SMILES string of the molecule is O=C(c1cccc(F)c1)N(CCc1ccccc1)Cc1ccccn1. The molecule has 0 aliphatic heterocycles. The maximum atomic E-state index is 13.5. The van der Waals surface area contributed by atoms with Gasteiger partial charge in [-0.15, -0.1) is 0 Å². The molecule has 0 fully saturated rings. The van der Waals surface area contributed by atoms with Crippen molar-refractivity contribution < 1.29 is 9.18 Å². The Balaban J connectivity index is 1.79. The van der Waals surface area contributed by atoms with E-state index in [1.165, 1.54) is 12.1 Å². The third-order valence-corrected chi connectivity index (χ3v) is 3.95. The standard InChI is InChI=1S/C21H19FN2O/c22-19-10-6-9-18(15-19)21(25)24(16-20-11-4-5-13-23-20)14-12-17-7-2-1-3-8-17/h1-11,13,15H,12,14,16H2. The molecular formula is C21H19FN2O. The molecule has 0 aliphatic carbocycles. The quantitative estimate of drug-likeness (QED) is 0.680. The largest absolute Gasteiger partial charge is 0.332 e. The highest BCUT2D eigenvalue weighted by Crippen LogP contribution is 2.12. The minimum Gasteiger partial charge on any atom is -0.332 e. The molecular weight excluding hydrogens is 315 g/mol. The number of carbonyl (C=O) groups excluding carboxylic acids is 1. The monoisotopic (exact) mass is 334 g/mol. The summed E-state index contributed by atoms with van der Waals surface area (Å²) in [5.74, 6) is -0.604. The molecule has 3 aromatic rings. The van der Waals surface area contributed by atoms with Crippen LogP contribution < -0.4 is 0 Å². The minimum atomic E-state index is -0.410. The summed E-state index contributed by atoms with van der Waals surface area (Å²) in [4.78, 5) is 18.9. The number of amides is 1. The van der Waals surface area contributed by atoms with Gasteiger partial charge in [-0.05, 0) is 42.3 Å². The van der Waals surface area contributed by atoms with Crippen molar-refractivity contribution in [3.8, 4) is 0 Å². The molecule has 0 unspecified atom stereocenters. The first-order valence-corrected chi connectivity index (χ1v) is 8.21. The zero-order chi connectivity index (χ0) is 17.5. The topological polar surface area (TPSA) is 33.2 Å². The lowest BCUT2D eigenvalue weighted by atomic mass is 10.1. The van der Waals surface area contributed by atoms with E-state index in [4.69, 9.17) is 0 Å². The molecule has 25 heavy (non-hydrogen) atoms. The number of halogens is 1. The summed E-state index contributed by atoms with van der Waals surface area (Å²) in [6, 6.07) is 21.4. The molecule has 3 rings (SSSR count). The van der Waals surface area contributed by atoms with E-state index in [1.54, 1.807) is 23.2 Å². The van der Waals surface area contributed by atoms with E-state index in [0.717, 1.165) is 17.7 Å². The third kappa shape index (κ3) is 4.73. The van der Waals surface area contributed by atoms with E-state index >= 15 is 0 Å². The van der Waals surface area contributed by atoms with Gasteiger partial charge in [-0.1, -0.05) is 42.5 Å². The van der Waals surface area contributed by atoms with Crippen LogP contribution in [0, 0.1) is 5.82 Å². The van der Waals surface area contributed by atoms with Crippen LogP contribution in [0.2, 0.25) is 0 Å². The Morgan fingerprint density at radius 1 is 0.960 bits per heavy atom. The zero-order valence-corrected chi connectivity index (χ0v) is 13.8. The van der Waals surface area contributed by atoms with Crippen molar-refractivity contribution >= 4 is 5.91 Å².